The molecule has 0 saturated carbocycles. The number of hydrogen-bond acceptors (Lipinski definition) is 4. The Morgan fingerprint density at radius 3 is 2.43 bits per heavy atom. The van der Waals surface area contributed by atoms with Gasteiger partial charge in [0.15, 0.2) is 0 Å². The Balaban J connectivity index is 3.04. The highest BCUT2D eigenvalue weighted by Gasteiger charge is 2.46. The maximum Gasteiger partial charge on any atom is 0.351 e. The summed E-state index contributed by atoms with van der Waals surface area (Å²) < 4.78 is 4.88. The van der Waals surface area contributed by atoms with Gasteiger partial charge in [0.25, 0.3) is 0 Å². The first-order chi connectivity index (χ1) is 6.41. The molecular weight excluding hydrogens is 184 g/mol. The smallest absolute Gasteiger partial charge is 0.351 e. The molecule has 0 spiro atoms. The number of rotatable bonds is 2. The normalized spacial score (nSPS) is 27.6. The average Bonchev–Trinajstić information content (AvgIpc) is 2.13. The van der Waals surface area contributed by atoms with Crippen molar-refractivity contribution in [2.24, 2.45) is 5.92 Å². The highest BCUT2D eigenvalue weighted by Crippen LogP contribution is 2.25. The number of hydrogen-bond donors (Lipinski definition) is 1. The lowest BCUT2D eigenvalue weighted by Gasteiger charge is -2.27. The Hall–Kier alpha value is -1.16. The first-order valence-corrected chi connectivity index (χ1v) is 4.62. The number of ketones is 1. The van der Waals surface area contributed by atoms with Crippen molar-refractivity contribution in [1.29, 1.82) is 0 Å². The SMILES string of the molecule is CC[C@]1(O)C(=O)C=C(C(C)C)OC1=O. The number of carbonyl (C=O) groups excluding carboxylic acids is 2. The van der Waals surface area contributed by atoms with Gasteiger partial charge < -0.3 is 9.84 Å². The number of ether oxygens (including phenoxy) is 1. The van der Waals surface area contributed by atoms with Crippen molar-refractivity contribution in [1.82, 2.24) is 0 Å². The van der Waals surface area contributed by atoms with Gasteiger partial charge in [-0.1, -0.05) is 20.8 Å². The molecule has 0 bridgehead atoms. The molecule has 14 heavy (non-hydrogen) atoms. The molecule has 1 heterocycles. The summed E-state index contributed by atoms with van der Waals surface area (Å²) in [7, 11) is 0. The summed E-state index contributed by atoms with van der Waals surface area (Å²) in [4.78, 5) is 22.8. The number of cyclic esters (lactones) is 1. The molecule has 0 unspecified atom stereocenters. The third-order valence-electron chi connectivity index (χ3n) is 2.31. The average molecular weight is 198 g/mol. The maximum absolute atomic E-state index is 11.4. The first-order valence-electron chi connectivity index (χ1n) is 4.62. The standard InChI is InChI=1S/C10H14O4/c1-4-10(13)8(11)5-7(6(2)3)14-9(10)12/h5-6,13H,4H2,1-3H3/t10-/m0/s1. The van der Waals surface area contributed by atoms with Crippen LogP contribution in [0, 0.1) is 5.92 Å². The van der Waals surface area contributed by atoms with Crippen molar-refractivity contribution in [2.45, 2.75) is 32.8 Å². The van der Waals surface area contributed by atoms with Crippen molar-refractivity contribution in [2.75, 3.05) is 0 Å². The third-order valence-corrected chi connectivity index (χ3v) is 2.31. The summed E-state index contributed by atoms with van der Waals surface area (Å²) in [6, 6.07) is 0. The molecule has 0 fully saturated rings. The van der Waals surface area contributed by atoms with Crippen LogP contribution in [-0.2, 0) is 14.3 Å². The number of esters is 1. The van der Waals surface area contributed by atoms with Crippen LogP contribution in [0.5, 0.6) is 0 Å². The van der Waals surface area contributed by atoms with Crippen LogP contribution in [0.2, 0.25) is 0 Å². The molecule has 1 aliphatic heterocycles. The number of carbonyl (C=O) groups is 2. The summed E-state index contributed by atoms with van der Waals surface area (Å²) in [5.74, 6) is -1.17. The molecule has 0 aliphatic carbocycles. The second-order valence-electron chi connectivity index (χ2n) is 3.67. The topological polar surface area (TPSA) is 63.6 Å². The van der Waals surface area contributed by atoms with Gasteiger partial charge >= 0.3 is 5.97 Å². The molecule has 0 radical (unpaired) electrons. The Kier molecular flexibility index (Phi) is 2.76. The summed E-state index contributed by atoms with van der Waals surface area (Å²) in [5, 5.41) is 9.65. The van der Waals surface area contributed by atoms with E-state index in [9.17, 15) is 14.7 Å². The summed E-state index contributed by atoms with van der Waals surface area (Å²) in [5.41, 5.74) is -1.97. The molecular formula is C10H14O4. The minimum atomic E-state index is -1.97. The van der Waals surface area contributed by atoms with Gasteiger partial charge in [-0.2, -0.15) is 0 Å². The van der Waals surface area contributed by atoms with Gasteiger partial charge in [0, 0.05) is 12.0 Å². The molecule has 78 valence electrons. The van der Waals surface area contributed by atoms with E-state index >= 15 is 0 Å². The van der Waals surface area contributed by atoms with Gasteiger partial charge in [-0.25, -0.2) is 4.79 Å². The predicted molar refractivity (Wildman–Crippen MR) is 49.3 cm³/mol. The minimum absolute atomic E-state index is 0.0343. The van der Waals surface area contributed by atoms with Crippen LogP contribution >= 0.6 is 0 Å². The van der Waals surface area contributed by atoms with E-state index in [1.807, 2.05) is 13.8 Å². The monoisotopic (exact) mass is 198 g/mol. The maximum atomic E-state index is 11.4. The molecule has 0 saturated heterocycles. The van der Waals surface area contributed by atoms with Gasteiger partial charge in [0.05, 0.1) is 0 Å². The van der Waals surface area contributed by atoms with Crippen molar-refractivity contribution >= 4 is 11.8 Å². The Bertz CT molecular complexity index is 303. The Labute approximate surface area is 82.6 Å². The van der Waals surface area contributed by atoms with E-state index in [0.29, 0.717) is 5.76 Å². The second kappa shape index (κ2) is 3.53. The van der Waals surface area contributed by atoms with E-state index in [1.54, 1.807) is 6.92 Å². The van der Waals surface area contributed by atoms with Crippen LogP contribution in [0.4, 0.5) is 0 Å². The number of allylic oxidation sites excluding steroid dienone is 1. The van der Waals surface area contributed by atoms with Crippen molar-refractivity contribution in [3.8, 4) is 0 Å². The molecule has 1 atom stereocenters. The summed E-state index contributed by atoms with van der Waals surface area (Å²) >= 11 is 0. The molecule has 4 nitrogen and oxygen atoms in total. The van der Waals surface area contributed by atoms with Crippen molar-refractivity contribution in [3.05, 3.63) is 11.8 Å². The Morgan fingerprint density at radius 1 is 1.50 bits per heavy atom. The predicted octanol–water partition coefficient (Wildman–Crippen LogP) is 0.793. The van der Waals surface area contributed by atoms with Crippen LogP contribution in [0.3, 0.4) is 0 Å². The van der Waals surface area contributed by atoms with Crippen LogP contribution in [-0.4, -0.2) is 22.5 Å². The fourth-order valence-corrected chi connectivity index (χ4v) is 1.17. The zero-order valence-corrected chi connectivity index (χ0v) is 8.53. The molecule has 1 aliphatic rings. The summed E-state index contributed by atoms with van der Waals surface area (Å²) in [6.45, 7) is 5.18. The van der Waals surface area contributed by atoms with Gasteiger partial charge in [-0.15, -0.1) is 0 Å². The first kappa shape index (κ1) is 10.9. The Morgan fingerprint density at radius 2 is 2.07 bits per heavy atom. The van der Waals surface area contributed by atoms with E-state index in [-0.39, 0.29) is 12.3 Å². The van der Waals surface area contributed by atoms with Gasteiger partial charge in [0.2, 0.25) is 11.4 Å². The van der Waals surface area contributed by atoms with Gasteiger partial charge in [-0.05, 0) is 6.42 Å². The lowest BCUT2D eigenvalue weighted by atomic mass is 9.91. The van der Waals surface area contributed by atoms with Crippen LogP contribution in [0.1, 0.15) is 27.2 Å². The summed E-state index contributed by atoms with van der Waals surface area (Å²) in [6.07, 6.45) is 1.24. The van der Waals surface area contributed by atoms with Crippen molar-refractivity contribution < 1.29 is 19.4 Å². The molecule has 1 rings (SSSR count). The largest absolute Gasteiger partial charge is 0.428 e. The molecule has 0 aromatic carbocycles. The van der Waals surface area contributed by atoms with Crippen LogP contribution < -0.4 is 0 Å². The molecule has 0 aromatic heterocycles. The molecule has 1 N–H and O–H groups in total. The second-order valence-corrected chi connectivity index (χ2v) is 3.67. The molecule has 0 aromatic rings. The zero-order valence-electron chi connectivity index (χ0n) is 8.53. The van der Waals surface area contributed by atoms with Crippen molar-refractivity contribution in [3.63, 3.8) is 0 Å². The van der Waals surface area contributed by atoms with Gasteiger partial charge in [-0.3, -0.25) is 4.79 Å². The highest BCUT2D eigenvalue weighted by molar-refractivity contribution is 6.14. The van der Waals surface area contributed by atoms with E-state index < -0.39 is 17.4 Å². The van der Waals surface area contributed by atoms with E-state index in [0.717, 1.165) is 0 Å². The lowest BCUT2D eigenvalue weighted by molar-refractivity contribution is -0.169. The van der Waals surface area contributed by atoms with E-state index in [2.05, 4.69) is 0 Å². The molecule has 4 heteroatoms. The van der Waals surface area contributed by atoms with Crippen LogP contribution in [0.25, 0.3) is 0 Å². The third kappa shape index (κ3) is 1.57. The molecule has 0 amide bonds. The van der Waals surface area contributed by atoms with Gasteiger partial charge in [0.1, 0.15) is 5.76 Å². The minimum Gasteiger partial charge on any atom is -0.428 e. The van der Waals surface area contributed by atoms with E-state index in [1.165, 1.54) is 6.08 Å². The quantitative estimate of drug-likeness (QED) is 0.526. The highest BCUT2D eigenvalue weighted by atomic mass is 16.6. The van der Waals surface area contributed by atoms with Crippen LogP contribution in [0.15, 0.2) is 11.8 Å². The zero-order chi connectivity index (χ0) is 10.9. The fraction of sp³-hybridized carbons (Fsp3) is 0.600. The number of aliphatic hydroxyl groups is 1. The van der Waals surface area contributed by atoms with E-state index in [4.69, 9.17) is 4.74 Å². The fourth-order valence-electron chi connectivity index (χ4n) is 1.17. The lowest BCUT2D eigenvalue weighted by Crippen LogP contribution is -2.49.